The summed E-state index contributed by atoms with van der Waals surface area (Å²) in [6, 6.07) is 13.4. The molecule has 1 amide bonds. The van der Waals surface area contributed by atoms with Crippen molar-refractivity contribution < 1.29 is 19.0 Å². The molecular formula is C18H19NO4. The van der Waals surface area contributed by atoms with Gasteiger partial charge >= 0.3 is 0 Å². The molecule has 5 nitrogen and oxygen atoms in total. The number of hydrogen-bond donors (Lipinski definition) is 1. The number of nitrogens with one attached hydrogen (secondary N) is 1. The van der Waals surface area contributed by atoms with E-state index in [9.17, 15) is 4.79 Å². The van der Waals surface area contributed by atoms with Crippen molar-refractivity contribution in [1.29, 1.82) is 0 Å². The molecule has 0 aromatic heterocycles. The van der Waals surface area contributed by atoms with E-state index in [1.54, 1.807) is 0 Å². The van der Waals surface area contributed by atoms with E-state index in [-0.39, 0.29) is 12.7 Å². The highest BCUT2D eigenvalue weighted by atomic mass is 16.7. The van der Waals surface area contributed by atoms with Crippen molar-refractivity contribution in [1.82, 2.24) is 5.32 Å². The Morgan fingerprint density at radius 1 is 1.13 bits per heavy atom. The molecule has 0 bridgehead atoms. The van der Waals surface area contributed by atoms with Gasteiger partial charge < -0.3 is 19.5 Å². The fraction of sp³-hybridized carbons (Fsp3) is 0.278. The van der Waals surface area contributed by atoms with E-state index in [4.69, 9.17) is 14.2 Å². The minimum Gasteiger partial charge on any atom is -0.493 e. The Bertz CT molecular complexity index is 682. The Hall–Kier alpha value is -2.69. The van der Waals surface area contributed by atoms with Crippen LogP contribution in [0.4, 0.5) is 0 Å². The topological polar surface area (TPSA) is 56.8 Å². The van der Waals surface area contributed by atoms with Gasteiger partial charge in [-0.15, -0.1) is 0 Å². The number of carbonyl (C=O) groups excluding carboxylic acids is 1. The lowest BCUT2D eigenvalue weighted by Crippen LogP contribution is -2.24. The van der Waals surface area contributed by atoms with E-state index in [0.717, 1.165) is 22.8 Å². The van der Waals surface area contributed by atoms with E-state index in [2.05, 4.69) is 5.32 Å². The molecule has 0 saturated carbocycles. The van der Waals surface area contributed by atoms with Crippen molar-refractivity contribution in [2.24, 2.45) is 0 Å². The second-order valence-electron chi connectivity index (χ2n) is 5.38. The van der Waals surface area contributed by atoms with Gasteiger partial charge in [0, 0.05) is 6.54 Å². The number of carbonyl (C=O) groups is 1. The molecule has 1 aliphatic heterocycles. The molecule has 120 valence electrons. The fourth-order valence-corrected chi connectivity index (χ4v) is 2.24. The molecule has 0 aliphatic carbocycles. The first-order valence-corrected chi connectivity index (χ1v) is 7.55. The van der Waals surface area contributed by atoms with E-state index < -0.39 is 0 Å². The molecule has 1 aliphatic rings. The number of amides is 1. The van der Waals surface area contributed by atoms with Gasteiger partial charge in [-0.2, -0.15) is 0 Å². The molecule has 3 rings (SSSR count). The van der Waals surface area contributed by atoms with Crippen LogP contribution < -0.4 is 19.5 Å². The summed E-state index contributed by atoms with van der Waals surface area (Å²) in [4.78, 5) is 11.8. The first-order valence-electron chi connectivity index (χ1n) is 7.55. The molecule has 5 heteroatoms. The Balaban J connectivity index is 1.40. The number of ether oxygens (including phenoxy) is 3. The van der Waals surface area contributed by atoms with Crippen LogP contribution in [-0.2, 0) is 11.3 Å². The second kappa shape index (κ2) is 7.05. The van der Waals surface area contributed by atoms with Gasteiger partial charge in [-0.1, -0.05) is 23.8 Å². The van der Waals surface area contributed by atoms with E-state index in [1.807, 2.05) is 49.4 Å². The minimum absolute atomic E-state index is 0.0465. The lowest BCUT2D eigenvalue weighted by atomic mass is 10.2. The van der Waals surface area contributed by atoms with E-state index >= 15 is 0 Å². The maximum Gasteiger partial charge on any atom is 0.231 e. The summed E-state index contributed by atoms with van der Waals surface area (Å²) in [5.41, 5.74) is 2.15. The first kappa shape index (κ1) is 15.2. The van der Waals surface area contributed by atoms with Gasteiger partial charge in [-0.25, -0.2) is 0 Å². The Morgan fingerprint density at radius 2 is 1.91 bits per heavy atom. The van der Waals surface area contributed by atoms with Crippen LogP contribution in [0, 0.1) is 6.92 Å². The number of hydrogen-bond acceptors (Lipinski definition) is 4. The summed E-state index contributed by atoms with van der Waals surface area (Å²) in [7, 11) is 0. The highest BCUT2D eigenvalue weighted by molar-refractivity contribution is 5.76. The van der Waals surface area contributed by atoms with Gasteiger partial charge in [0.25, 0.3) is 0 Å². The van der Waals surface area contributed by atoms with Crippen molar-refractivity contribution in [3.05, 3.63) is 53.6 Å². The minimum atomic E-state index is -0.0465. The highest BCUT2D eigenvalue weighted by Crippen LogP contribution is 2.32. The molecule has 0 radical (unpaired) electrons. The molecule has 2 aromatic carbocycles. The molecule has 1 N–H and O–H groups in total. The molecule has 0 spiro atoms. The largest absolute Gasteiger partial charge is 0.493 e. The number of rotatable bonds is 6. The Morgan fingerprint density at radius 3 is 2.74 bits per heavy atom. The lowest BCUT2D eigenvalue weighted by molar-refractivity contribution is -0.121. The van der Waals surface area contributed by atoms with Crippen LogP contribution in [0.1, 0.15) is 17.5 Å². The zero-order valence-electron chi connectivity index (χ0n) is 13.0. The third-order valence-corrected chi connectivity index (χ3v) is 3.55. The summed E-state index contributed by atoms with van der Waals surface area (Å²) in [6.07, 6.45) is 0.318. The van der Waals surface area contributed by atoms with Crippen molar-refractivity contribution in [3.8, 4) is 17.2 Å². The number of benzene rings is 2. The van der Waals surface area contributed by atoms with Crippen LogP contribution in [0.15, 0.2) is 42.5 Å². The maximum atomic E-state index is 11.8. The Kier molecular flexibility index (Phi) is 4.66. The molecule has 23 heavy (non-hydrogen) atoms. The zero-order chi connectivity index (χ0) is 16.1. The molecule has 2 aromatic rings. The van der Waals surface area contributed by atoms with Gasteiger partial charge in [0.05, 0.1) is 13.0 Å². The summed E-state index contributed by atoms with van der Waals surface area (Å²) >= 11 is 0. The van der Waals surface area contributed by atoms with Gasteiger partial charge in [-0.05, 0) is 36.8 Å². The second-order valence-corrected chi connectivity index (χ2v) is 5.38. The van der Waals surface area contributed by atoms with Gasteiger partial charge in [0.2, 0.25) is 12.7 Å². The highest BCUT2D eigenvalue weighted by Gasteiger charge is 2.13. The van der Waals surface area contributed by atoms with Gasteiger partial charge in [0.15, 0.2) is 11.5 Å². The van der Waals surface area contributed by atoms with Gasteiger partial charge in [-0.3, -0.25) is 4.79 Å². The van der Waals surface area contributed by atoms with Crippen molar-refractivity contribution in [2.45, 2.75) is 19.9 Å². The fourth-order valence-electron chi connectivity index (χ4n) is 2.24. The smallest absolute Gasteiger partial charge is 0.231 e. The van der Waals surface area contributed by atoms with Crippen LogP contribution in [0.5, 0.6) is 17.2 Å². The molecule has 0 atom stereocenters. The van der Waals surface area contributed by atoms with Crippen LogP contribution in [0.25, 0.3) is 0 Å². The first-order chi connectivity index (χ1) is 11.2. The van der Waals surface area contributed by atoms with E-state index in [0.29, 0.717) is 19.6 Å². The third kappa shape index (κ3) is 4.16. The van der Waals surface area contributed by atoms with Gasteiger partial charge in [0.1, 0.15) is 5.75 Å². The van der Waals surface area contributed by atoms with Crippen molar-refractivity contribution >= 4 is 5.91 Å². The normalized spacial score (nSPS) is 12.0. The standard InChI is InChI=1S/C18H19NO4/c1-13-2-5-15(6-3-13)21-9-8-18(20)19-11-14-4-7-16-17(10-14)23-12-22-16/h2-7,10H,8-9,11-12H2,1H3,(H,19,20). The third-order valence-electron chi connectivity index (χ3n) is 3.55. The quantitative estimate of drug-likeness (QED) is 0.891. The molecule has 0 unspecified atom stereocenters. The zero-order valence-corrected chi connectivity index (χ0v) is 13.0. The van der Waals surface area contributed by atoms with Crippen LogP contribution in [-0.4, -0.2) is 19.3 Å². The predicted molar refractivity (Wildman–Crippen MR) is 85.7 cm³/mol. The average Bonchev–Trinajstić information content (AvgIpc) is 3.02. The average molecular weight is 313 g/mol. The Labute approximate surface area is 135 Å². The van der Waals surface area contributed by atoms with Crippen molar-refractivity contribution in [3.63, 3.8) is 0 Å². The maximum absolute atomic E-state index is 11.8. The van der Waals surface area contributed by atoms with Crippen LogP contribution in [0.3, 0.4) is 0 Å². The number of fused-ring (bicyclic) bond motifs is 1. The van der Waals surface area contributed by atoms with Crippen LogP contribution in [0.2, 0.25) is 0 Å². The molecule has 0 saturated heterocycles. The predicted octanol–water partition coefficient (Wildman–Crippen LogP) is 2.81. The number of aryl methyl sites for hydroxylation is 1. The summed E-state index contributed by atoms with van der Waals surface area (Å²) in [5, 5.41) is 2.87. The van der Waals surface area contributed by atoms with Crippen LogP contribution >= 0.6 is 0 Å². The molecular weight excluding hydrogens is 294 g/mol. The summed E-state index contributed by atoms with van der Waals surface area (Å²) in [6.45, 7) is 3.09. The van der Waals surface area contributed by atoms with E-state index in [1.165, 1.54) is 5.56 Å². The van der Waals surface area contributed by atoms with Crippen molar-refractivity contribution in [2.75, 3.05) is 13.4 Å². The molecule has 1 heterocycles. The summed E-state index contributed by atoms with van der Waals surface area (Å²) < 4.78 is 16.1. The monoisotopic (exact) mass is 313 g/mol. The molecule has 0 fully saturated rings. The summed E-state index contributed by atoms with van der Waals surface area (Å²) in [5.74, 6) is 2.19. The lowest BCUT2D eigenvalue weighted by Gasteiger charge is -2.08. The SMILES string of the molecule is Cc1ccc(OCCC(=O)NCc2ccc3c(c2)OCO3)cc1.